The lowest BCUT2D eigenvalue weighted by Crippen LogP contribution is -2.31. The average molecular weight is 193 g/mol. The molecule has 0 spiro atoms. The van der Waals surface area contributed by atoms with Gasteiger partial charge in [0.05, 0.1) is 6.61 Å². The van der Waals surface area contributed by atoms with E-state index in [0.717, 1.165) is 0 Å². The molecule has 0 aromatic rings. The van der Waals surface area contributed by atoms with Crippen LogP contribution in [-0.4, -0.2) is 37.5 Å². The summed E-state index contributed by atoms with van der Waals surface area (Å²) in [6.07, 6.45) is -0.769. The van der Waals surface area contributed by atoms with E-state index in [9.17, 15) is 0 Å². The van der Waals surface area contributed by atoms with Crippen molar-refractivity contribution >= 4 is 0 Å². The minimum atomic E-state index is -0.414. The van der Waals surface area contributed by atoms with Crippen LogP contribution in [0.25, 0.3) is 0 Å². The summed E-state index contributed by atoms with van der Waals surface area (Å²) in [6.45, 7) is 6.93. The standard InChI is InChI=1S/C8H19NO4/c1-4-11-8(12-5-2)6-13-7(3)9-10/h7-10H,4-6H2,1-3H3. The van der Waals surface area contributed by atoms with Crippen LogP contribution in [0.5, 0.6) is 0 Å². The third-order valence-electron chi connectivity index (χ3n) is 1.37. The van der Waals surface area contributed by atoms with E-state index in [4.69, 9.17) is 19.4 Å². The van der Waals surface area contributed by atoms with Crippen molar-refractivity contribution in [2.45, 2.75) is 33.3 Å². The number of hydroxylamine groups is 1. The van der Waals surface area contributed by atoms with Gasteiger partial charge < -0.3 is 19.4 Å². The number of hydrogen-bond donors (Lipinski definition) is 2. The molecule has 13 heavy (non-hydrogen) atoms. The second-order valence-electron chi connectivity index (χ2n) is 2.44. The number of ether oxygens (including phenoxy) is 3. The smallest absolute Gasteiger partial charge is 0.180 e. The maximum atomic E-state index is 8.45. The van der Waals surface area contributed by atoms with Crippen molar-refractivity contribution in [3.8, 4) is 0 Å². The third-order valence-corrected chi connectivity index (χ3v) is 1.37. The van der Waals surface area contributed by atoms with Gasteiger partial charge in [-0.1, -0.05) is 0 Å². The Morgan fingerprint density at radius 1 is 1.15 bits per heavy atom. The summed E-state index contributed by atoms with van der Waals surface area (Å²) in [7, 11) is 0. The third kappa shape index (κ3) is 6.92. The van der Waals surface area contributed by atoms with Crippen LogP contribution in [0.1, 0.15) is 20.8 Å². The molecular formula is C8H19NO4. The minimum Gasteiger partial charge on any atom is -0.356 e. The van der Waals surface area contributed by atoms with Gasteiger partial charge in [-0.25, -0.2) is 0 Å². The van der Waals surface area contributed by atoms with Gasteiger partial charge in [0.1, 0.15) is 6.23 Å². The summed E-state index contributed by atoms with van der Waals surface area (Å²) in [4.78, 5) is 0. The van der Waals surface area contributed by atoms with Crippen molar-refractivity contribution in [3.05, 3.63) is 0 Å². The molecule has 0 saturated carbocycles. The molecule has 0 fully saturated rings. The van der Waals surface area contributed by atoms with Crippen molar-refractivity contribution in [1.29, 1.82) is 0 Å². The minimum absolute atomic E-state index is 0.302. The van der Waals surface area contributed by atoms with Gasteiger partial charge in [-0.15, -0.1) is 0 Å². The van der Waals surface area contributed by atoms with Crippen molar-refractivity contribution in [2.24, 2.45) is 0 Å². The molecule has 0 saturated heterocycles. The Labute approximate surface area is 78.9 Å². The monoisotopic (exact) mass is 193 g/mol. The highest BCUT2D eigenvalue weighted by Gasteiger charge is 2.09. The fourth-order valence-corrected chi connectivity index (χ4v) is 0.776. The largest absolute Gasteiger partial charge is 0.356 e. The number of rotatable bonds is 8. The summed E-state index contributed by atoms with van der Waals surface area (Å²) in [5, 5.41) is 8.45. The van der Waals surface area contributed by atoms with E-state index in [0.29, 0.717) is 19.8 Å². The van der Waals surface area contributed by atoms with Crippen LogP contribution in [0.2, 0.25) is 0 Å². The van der Waals surface area contributed by atoms with Gasteiger partial charge in [0, 0.05) is 13.2 Å². The first-order valence-electron chi connectivity index (χ1n) is 4.49. The Balaban J connectivity index is 3.55. The van der Waals surface area contributed by atoms with E-state index < -0.39 is 6.23 Å². The molecule has 0 amide bonds. The summed E-state index contributed by atoms with van der Waals surface area (Å²) < 4.78 is 15.6. The van der Waals surface area contributed by atoms with E-state index in [1.807, 2.05) is 19.3 Å². The first kappa shape index (κ1) is 12.8. The van der Waals surface area contributed by atoms with E-state index >= 15 is 0 Å². The van der Waals surface area contributed by atoms with E-state index in [1.54, 1.807) is 6.92 Å². The van der Waals surface area contributed by atoms with E-state index in [1.165, 1.54) is 0 Å². The lowest BCUT2D eigenvalue weighted by atomic mass is 10.6. The SMILES string of the molecule is CCOC(COC(C)NO)OCC. The van der Waals surface area contributed by atoms with Crippen molar-refractivity contribution in [2.75, 3.05) is 19.8 Å². The first-order chi connectivity index (χ1) is 6.24. The van der Waals surface area contributed by atoms with Gasteiger partial charge >= 0.3 is 0 Å². The Morgan fingerprint density at radius 3 is 2.08 bits per heavy atom. The van der Waals surface area contributed by atoms with Crippen LogP contribution < -0.4 is 5.48 Å². The fourth-order valence-electron chi connectivity index (χ4n) is 0.776. The van der Waals surface area contributed by atoms with Gasteiger partial charge in [0.2, 0.25) is 0 Å². The van der Waals surface area contributed by atoms with Gasteiger partial charge in [0.15, 0.2) is 6.29 Å². The fraction of sp³-hybridized carbons (Fsp3) is 1.00. The molecule has 0 heterocycles. The van der Waals surface area contributed by atoms with Gasteiger partial charge in [-0.05, 0) is 20.8 Å². The summed E-state index contributed by atoms with van der Waals surface area (Å²) in [6, 6.07) is 0. The quantitative estimate of drug-likeness (QED) is 0.439. The Morgan fingerprint density at radius 2 is 1.69 bits per heavy atom. The van der Waals surface area contributed by atoms with Gasteiger partial charge in [-0.2, -0.15) is 5.48 Å². The lowest BCUT2D eigenvalue weighted by Gasteiger charge is -2.19. The molecule has 0 aliphatic carbocycles. The normalized spacial score (nSPS) is 13.6. The molecule has 0 aromatic heterocycles. The molecule has 1 unspecified atom stereocenters. The first-order valence-corrected chi connectivity index (χ1v) is 4.49. The molecule has 0 aromatic carbocycles. The van der Waals surface area contributed by atoms with Gasteiger partial charge in [-0.3, -0.25) is 0 Å². The van der Waals surface area contributed by atoms with Crippen LogP contribution in [0.15, 0.2) is 0 Å². The maximum absolute atomic E-state index is 8.45. The molecule has 0 rings (SSSR count). The maximum Gasteiger partial charge on any atom is 0.180 e. The van der Waals surface area contributed by atoms with Crippen molar-refractivity contribution in [3.63, 3.8) is 0 Å². The summed E-state index contributed by atoms with van der Waals surface area (Å²) in [5.74, 6) is 0. The second kappa shape index (κ2) is 8.40. The topological polar surface area (TPSA) is 60.0 Å². The second-order valence-corrected chi connectivity index (χ2v) is 2.44. The molecule has 80 valence electrons. The van der Waals surface area contributed by atoms with Crippen molar-refractivity contribution < 1.29 is 19.4 Å². The van der Waals surface area contributed by atoms with E-state index in [2.05, 4.69) is 0 Å². The zero-order valence-electron chi connectivity index (χ0n) is 8.45. The Hall–Kier alpha value is -0.200. The van der Waals surface area contributed by atoms with Gasteiger partial charge in [0.25, 0.3) is 0 Å². The lowest BCUT2D eigenvalue weighted by molar-refractivity contribution is -0.185. The zero-order chi connectivity index (χ0) is 10.1. The predicted molar refractivity (Wildman–Crippen MR) is 47.4 cm³/mol. The summed E-state index contributed by atoms with van der Waals surface area (Å²) >= 11 is 0. The average Bonchev–Trinajstić information content (AvgIpc) is 2.14. The van der Waals surface area contributed by atoms with Crippen molar-refractivity contribution in [1.82, 2.24) is 5.48 Å². The molecule has 2 N–H and O–H groups in total. The van der Waals surface area contributed by atoms with Crippen LogP contribution >= 0.6 is 0 Å². The molecule has 1 atom stereocenters. The van der Waals surface area contributed by atoms with E-state index in [-0.39, 0.29) is 6.29 Å². The van der Waals surface area contributed by atoms with Crippen LogP contribution in [0.3, 0.4) is 0 Å². The zero-order valence-corrected chi connectivity index (χ0v) is 8.45. The summed E-state index contributed by atoms with van der Waals surface area (Å²) in [5.41, 5.74) is 1.97. The number of nitrogens with one attached hydrogen (secondary N) is 1. The van der Waals surface area contributed by atoms with Crippen LogP contribution in [0, 0.1) is 0 Å². The molecule has 0 bridgehead atoms. The molecular weight excluding hydrogens is 174 g/mol. The predicted octanol–water partition coefficient (Wildman–Crippen LogP) is 0.727. The molecule has 0 aliphatic rings. The highest BCUT2D eigenvalue weighted by molar-refractivity contribution is 4.43. The number of hydrogen-bond acceptors (Lipinski definition) is 5. The molecule has 0 radical (unpaired) electrons. The highest BCUT2D eigenvalue weighted by atomic mass is 16.7. The highest BCUT2D eigenvalue weighted by Crippen LogP contribution is 1.97. The molecule has 5 heteroatoms. The molecule has 0 aliphatic heterocycles. The van der Waals surface area contributed by atoms with Crippen LogP contribution in [0.4, 0.5) is 0 Å². The van der Waals surface area contributed by atoms with Crippen LogP contribution in [-0.2, 0) is 14.2 Å². The molecule has 5 nitrogen and oxygen atoms in total. The Bertz CT molecular complexity index is 106. The Kier molecular flexibility index (Phi) is 8.27.